The lowest BCUT2D eigenvalue weighted by atomic mass is 10.0. The van der Waals surface area contributed by atoms with Gasteiger partial charge in [0.25, 0.3) is 0 Å². The summed E-state index contributed by atoms with van der Waals surface area (Å²) in [5, 5.41) is 1.16. The van der Waals surface area contributed by atoms with Gasteiger partial charge in [0.2, 0.25) is 5.91 Å². The van der Waals surface area contributed by atoms with E-state index in [0.717, 1.165) is 48.4 Å². The molecule has 3 rings (SSSR count). The van der Waals surface area contributed by atoms with Crippen LogP contribution < -0.4 is 9.64 Å². The van der Waals surface area contributed by atoms with Crippen molar-refractivity contribution in [3.8, 4) is 5.75 Å². The number of fused-ring (bicyclic) bond motifs is 1. The van der Waals surface area contributed by atoms with Gasteiger partial charge in [0, 0.05) is 44.6 Å². The van der Waals surface area contributed by atoms with Crippen LogP contribution in [0.25, 0.3) is 10.9 Å². The Morgan fingerprint density at radius 3 is 2.62 bits per heavy atom. The van der Waals surface area contributed by atoms with E-state index in [1.54, 1.807) is 14.0 Å². The molecule has 0 aliphatic carbocycles. The summed E-state index contributed by atoms with van der Waals surface area (Å²) in [6, 6.07) is 8.51. The minimum atomic E-state index is 0.139. The second-order valence-corrected chi connectivity index (χ2v) is 6.53. The summed E-state index contributed by atoms with van der Waals surface area (Å²) in [5.74, 6) is 1.98. The van der Waals surface area contributed by atoms with Crippen LogP contribution in [-0.4, -0.2) is 49.1 Å². The molecule has 5 heteroatoms. The molecule has 1 amide bonds. The Morgan fingerprint density at radius 1 is 1.29 bits per heavy atom. The normalized spacial score (nSPS) is 15.6. The van der Waals surface area contributed by atoms with Crippen LogP contribution in [0.4, 0.5) is 5.82 Å². The Bertz CT molecular complexity index is 752. The molecule has 5 nitrogen and oxygen atoms in total. The third kappa shape index (κ3) is 3.16. The Balaban J connectivity index is 1.81. The molecule has 1 aromatic carbocycles. The minimum Gasteiger partial charge on any atom is -0.497 e. The maximum absolute atomic E-state index is 11.5. The zero-order valence-electron chi connectivity index (χ0n) is 14.9. The van der Waals surface area contributed by atoms with Crippen molar-refractivity contribution in [1.29, 1.82) is 0 Å². The van der Waals surface area contributed by atoms with Gasteiger partial charge in [-0.25, -0.2) is 4.98 Å². The van der Waals surface area contributed by atoms with E-state index in [9.17, 15) is 4.79 Å². The monoisotopic (exact) mass is 327 g/mol. The summed E-state index contributed by atoms with van der Waals surface area (Å²) in [6.45, 7) is 5.60. The van der Waals surface area contributed by atoms with Gasteiger partial charge in [0.05, 0.1) is 12.6 Å². The molecular formula is C19H25N3O2. The van der Waals surface area contributed by atoms with Gasteiger partial charge < -0.3 is 14.5 Å². The highest BCUT2D eigenvalue weighted by atomic mass is 16.5. The van der Waals surface area contributed by atoms with Crippen LogP contribution >= 0.6 is 0 Å². The van der Waals surface area contributed by atoms with Crippen molar-refractivity contribution < 1.29 is 9.53 Å². The number of piperidine rings is 1. The van der Waals surface area contributed by atoms with Crippen molar-refractivity contribution in [3.05, 3.63) is 29.8 Å². The fraction of sp³-hybridized carbons (Fsp3) is 0.474. The summed E-state index contributed by atoms with van der Waals surface area (Å²) in [5.41, 5.74) is 2.19. The number of rotatable bonds is 3. The number of pyridine rings is 1. The number of nitrogens with zero attached hydrogens (tertiary/aromatic N) is 3. The van der Waals surface area contributed by atoms with Gasteiger partial charge in [-0.3, -0.25) is 4.79 Å². The zero-order valence-corrected chi connectivity index (χ0v) is 14.9. The first-order chi connectivity index (χ1) is 11.5. The summed E-state index contributed by atoms with van der Waals surface area (Å²) >= 11 is 0. The van der Waals surface area contributed by atoms with Crippen LogP contribution in [0, 0.1) is 6.92 Å². The first kappa shape index (κ1) is 16.6. The van der Waals surface area contributed by atoms with Crippen LogP contribution in [-0.2, 0) is 4.79 Å². The second kappa shape index (κ2) is 6.67. The average molecular weight is 327 g/mol. The predicted molar refractivity (Wildman–Crippen MR) is 96.7 cm³/mol. The fourth-order valence-electron chi connectivity index (χ4n) is 3.39. The van der Waals surface area contributed by atoms with E-state index >= 15 is 0 Å². The van der Waals surface area contributed by atoms with Crippen LogP contribution in [0.3, 0.4) is 0 Å². The number of carbonyl (C=O) groups is 1. The summed E-state index contributed by atoms with van der Waals surface area (Å²) < 4.78 is 5.32. The topological polar surface area (TPSA) is 45.7 Å². The average Bonchev–Trinajstić information content (AvgIpc) is 2.60. The Labute approximate surface area is 143 Å². The van der Waals surface area contributed by atoms with E-state index in [4.69, 9.17) is 9.72 Å². The molecule has 0 unspecified atom stereocenters. The van der Waals surface area contributed by atoms with E-state index in [1.807, 2.05) is 24.1 Å². The van der Waals surface area contributed by atoms with Crippen molar-refractivity contribution in [2.45, 2.75) is 32.7 Å². The van der Waals surface area contributed by atoms with Crippen molar-refractivity contribution in [1.82, 2.24) is 9.88 Å². The molecule has 24 heavy (non-hydrogen) atoms. The van der Waals surface area contributed by atoms with Gasteiger partial charge in [0.15, 0.2) is 0 Å². The van der Waals surface area contributed by atoms with Crippen LogP contribution in [0.5, 0.6) is 5.75 Å². The largest absolute Gasteiger partial charge is 0.497 e. The molecule has 2 heterocycles. The zero-order chi connectivity index (χ0) is 17.3. The van der Waals surface area contributed by atoms with Crippen LogP contribution in [0.2, 0.25) is 0 Å². The summed E-state index contributed by atoms with van der Waals surface area (Å²) in [7, 11) is 3.57. The number of hydrogen-bond donors (Lipinski definition) is 0. The lowest BCUT2D eigenvalue weighted by molar-refractivity contribution is -0.129. The molecule has 1 aliphatic heterocycles. The molecule has 0 spiro atoms. The highest BCUT2D eigenvalue weighted by Gasteiger charge is 2.24. The Morgan fingerprint density at radius 2 is 2.00 bits per heavy atom. The number of benzene rings is 1. The van der Waals surface area contributed by atoms with Gasteiger partial charge in [-0.05, 0) is 43.5 Å². The van der Waals surface area contributed by atoms with E-state index in [-0.39, 0.29) is 5.91 Å². The molecule has 0 atom stereocenters. The highest BCUT2D eigenvalue weighted by Crippen LogP contribution is 2.28. The van der Waals surface area contributed by atoms with E-state index < -0.39 is 0 Å². The van der Waals surface area contributed by atoms with Gasteiger partial charge in [-0.1, -0.05) is 0 Å². The van der Waals surface area contributed by atoms with Crippen molar-refractivity contribution in [2.24, 2.45) is 0 Å². The maximum atomic E-state index is 11.5. The van der Waals surface area contributed by atoms with Crippen molar-refractivity contribution in [2.75, 3.05) is 32.1 Å². The minimum absolute atomic E-state index is 0.139. The van der Waals surface area contributed by atoms with E-state index in [1.165, 1.54) is 5.56 Å². The first-order valence-electron chi connectivity index (χ1n) is 8.43. The van der Waals surface area contributed by atoms with Crippen molar-refractivity contribution >= 4 is 22.6 Å². The maximum Gasteiger partial charge on any atom is 0.219 e. The molecule has 0 N–H and O–H groups in total. The standard InChI is InChI=1S/C19H25N3O2/c1-13-11-19(20-18-12-16(24-4)5-6-17(13)18)22-9-7-15(8-10-22)21(3)14(2)23/h5-6,11-12,15H,7-10H2,1-4H3. The van der Waals surface area contributed by atoms with Gasteiger partial charge >= 0.3 is 0 Å². The molecule has 2 aromatic rings. The van der Waals surface area contributed by atoms with Crippen molar-refractivity contribution in [3.63, 3.8) is 0 Å². The third-order valence-electron chi connectivity index (χ3n) is 5.04. The van der Waals surface area contributed by atoms with Crippen LogP contribution in [0.1, 0.15) is 25.3 Å². The highest BCUT2D eigenvalue weighted by molar-refractivity contribution is 5.85. The number of amides is 1. The Kier molecular flexibility index (Phi) is 4.60. The molecule has 0 bridgehead atoms. The predicted octanol–water partition coefficient (Wildman–Crippen LogP) is 3.00. The lowest BCUT2D eigenvalue weighted by Crippen LogP contribution is -2.45. The van der Waals surface area contributed by atoms with Gasteiger partial charge in [-0.2, -0.15) is 0 Å². The smallest absolute Gasteiger partial charge is 0.219 e. The number of aryl methyl sites for hydroxylation is 1. The summed E-state index contributed by atoms with van der Waals surface area (Å²) in [6.07, 6.45) is 1.96. The SMILES string of the molecule is COc1ccc2c(C)cc(N3CCC(N(C)C(C)=O)CC3)nc2c1. The molecule has 0 radical (unpaired) electrons. The molecule has 1 fully saturated rings. The fourth-order valence-corrected chi connectivity index (χ4v) is 3.39. The third-order valence-corrected chi connectivity index (χ3v) is 5.04. The van der Waals surface area contributed by atoms with Crippen LogP contribution in [0.15, 0.2) is 24.3 Å². The van der Waals surface area contributed by atoms with E-state index in [2.05, 4.69) is 24.0 Å². The summed E-state index contributed by atoms with van der Waals surface area (Å²) in [4.78, 5) is 20.6. The second-order valence-electron chi connectivity index (χ2n) is 6.53. The molecule has 1 aromatic heterocycles. The van der Waals surface area contributed by atoms with Gasteiger partial charge in [-0.15, -0.1) is 0 Å². The number of aromatic nitrogens is 1. The quantitative estimate of drug-likeness (QED) is 0.869. The lowest BCUT2D eigenvalue weighted by Gasteiger charge is -2.37. The number of carbonyl (C=O) groups excluding carboxylic acids is 1. The molecule has 128 valence electrons. The molecular weight excluding hydrogens is 302 g/mol. The molecule has 1 aliphatic rings. The molecule has 1 saturated heterocycles. The molecule has 0 saturated carbocycles. The first-order valence-corrected chi connectivity index (χ1v) is 8.43. The number of ether oxygens (including phenoxy) is 1. The van der Waals surface area contributed by atoms with Gasteiger partial charge in [0.1, 0.15) is 11.6 Å². The number of anilines is 1. The number of hydrogen-bond acceptors (Lipinski definition) is 4. The van der Waals surface area contributed by atoms with E-state index in [0.29, 0.717) is 6.04 Å². The Hall–Kier alpha value is -2.30. The number of methoxy groups -OCH3 is 1.